The molecule has 1 aromatic carbocycles. The van der Waals surface area contributed by atoms with Gasteiger partial charge in [-0.2, -0.15) is 0 Å². The lowest BCUT2D eigenvalue weighted by atomic mass is 10.2. The van der Waals surface area contributed by atoms with Gasteiger partial charge < -0.3 is 5.32 Å². The topological polar surface area (TPSA) is 79.0 Å². The molecular formula is C13H14BrFN3O3S+. The standard InChI is InChI=1S/C13H13BrFN3O3S/c1-3-10(22-12-13(20)21-17-18(12)2)11(19)16-9-5-4-7(14)6-8(9)15/h4-6,10H,3H2,1-2H3,(H-,16,17,19,20)/p+1. The number of hydrogen-bond acceptors (Lipinski definition) is 4. The summed E-state index contributed by atoms with van der Waals surface area (Å²) >= 11 is 4.22. The number of benzene rings is 1. The van der Waals surface area contributed by atoms with Gasteiger partial charge in [0, 0.05) is 4.47 Å². The summed E-state index contributed by atoms with van der Waals surface area (Å²) in [5.41, 5.74) is -0.452. The Balaban J connectivity index is 2.14. The number of carbonyl (C=O) groups is 1. The van der Waals surface area contributed by atoms with Crippen molar-refractivity contribution in [3.05, 3.63) is 38.9 Å². The van der Waals surface area contributed by atoms with Crippen LogP contribution < -0.4 is 15.6 Å². The van der Waals surface area contributed by atoms with Crippen LogP contribution in [0.2, 0.25) is 0 Å². The number of rotatable bonds is 5. The molecule has 1 amide bonds. The second kappa shape index (κ2) is 7.10. The van der Waals surface area contributed by atoms with Gasteiger partial charge in [0.25, 0.3) is 0 Å². The van der Waals surface area contributed by atoms with E-state index in [9.17, 15) is 14.0 Å². The SMILES string of the molecule is CCC(Sc1c(=O)o[nH][n+]1C)C(=O)Nc1ccc(Br)cc1F. The third-order valence-corrected chi connectivity index (χ3v) is 4.85. The maximum Gasteiger partial charge on any atom is 0.441 e. The summed E-state index contributed by atoms with van der Waals surface area (Å²) in [6.07, 6.45) is 0.471. The predicted octanol–water partition coefficient (Wildman–Crippen LogP) is 2.20. The monoisotopic (exact) mass is 390 g/mol. The molecule has 9 heteroatoms. The molecule has 1 heterocycles. The Morgan fingerprint density at radius 3 is 2.86 bits per heavy atom. The predicted molar refractivity (Wildman–Crippen MR) is 83.2 cm³/mol. The number of hydrogen-bond donors (Lipinski definition) is 2. The largest absolute Gasteiger partial charge is 0.441 e. The molecule has 22 heavy (non-hydrogen) atoms. The Kier molecular flexibility index (Phi) is 5.41. The lowest BCUT2D eigenvalue weighted by molar-refractivity contribution is -0.772. The molecule has 2 aromatic rings. The van der Waals surface area contributed by atoms with Crippen molar-refractivity contribution in [2.45, 2.75) is 23.6 Å². The summed E-state index contributed by atoms with van der Waals surface area (Å²) in [6.45, 7) is 1.81. The summed E-state index contributed by atoms with van der Waals surface area (Å²) in [5, 5.41) is 4.64. The molecule has 6 nitrogen and oxygen atoms in total. The van der Waals surface area contributed by atoms with Gasteiger partial charge in [-0.15, -0.1) is 0 Å². The summed E-state index contributed by atoms with van der Waals surface area (Å²) in [5.74, 6) is -0.913. The molecule has 1 unspecified atom stereocenters. The third-order valence-electron chi connectivity index (χ3n) is 2.86. The summed E-state index contributed by atoms with van der Waals surface area (Å²) in [7, 11) is 1.60. The highest BCUT2D eigenvalue weighted by Crippen LogP contribution is 2.24. The van der Waals surface area contributed by atoms with Crippen molar-refractivity contribution in [3.8, 4) is 0 Å². The molecule has 0 aliphatic carbocycles. The Morgan fingerprint density at radius 2 is 2.32 bits per heavy atom. The van der Waals surface area contributed by atoms with Crippen LogP contribution in [0.5, 0.6) is 0 Å². The fourth-order valence-corrected chi connectivity index (χ4v) is 2.99. The van der Waals surface area contributed by atoms with Crippen LogP contribution >= 0.6 is 27.7 Å². The number of aromatic nitrogens is 2. The van der Waals surface area contributed by atoms with E-state index in [0.29, 0.717) is 10.9 Å². The van der Waals surface area contributed by atoms with Crippen molar-refractivity contribution in [1.82, 2.24) is 5.27 Å². The first-order valence-electron chi connectivity index (χ1n) is 6.42. The number of aryl methyl sites for hydroxylation is 1. The average Bonchev–Trinajstić information content (AvgIpc) is 2.78. The Morgan fingerprint density at radius 1 is 1.59 bits per heavy atom. The van der Waals surface area contributed by atoms with Crippen LogP contribution in [0.25, 0.3) is 0 Å². The number of anilines is 1. The number of nitrogens with zero attached hydrogens (tertiary/aromatic N) is 1. The van der Waals surface area contributed by atoms with Crippen LogP contribution in [0, 0.1) is 5.82 Å². The quantitative estimate of drug-likeness (QED) is 0.605. The van der Waals surface area contributed by atoms with Gasteiger partial charge in [0.15, 0.2) is 7.05 Å². The highest BCUT2D eigenvalue weighted by Gasteiger charge is 2.27. The molecular weight excluding hydrogens is 377 g/mol. The van der Waals surface area contributed by atoms with E-state index in [0.717, 1.165) is 11.8 Å². The van der Waals surface area contributed by atoms with Crippen LogP contribution in [0.3, 0.4) is 0 Å². The number of aromatic amines is 1. The second-order valence-electron chi connectivity index (χ2n) is 4.47. The van der Waals surface area contributed by atoms with Gasteiger partial charge in [0.2, 0.25) is 5.91 Å². The normalized spacial score (nSPS) is 12.2. The number of nitrogens with one attached hydrogen (secondary N) is 2. The summed E-state index contributed by atoms with van der Waals surface area (Å²) in [6, 6.07) is 4.37. The number of thioether (sulfide) groups is 1. The zero-order chi connectivity index (χ0) is 16.3. The first kappa shape index (κ1) is 16.8. The van der Waals surface area contributed by atoms with Crippen molar-refractivity contribution in [2.24, 2.45) is 7.05 Å². The molecule has 0 radical (unpaired) electrons. The molecule has 118 valence electrons. The van der Waals surface area contributed by atoms with Crippen molar-refractivity contribution in [2.75, 3.05) is 5.32 Å². The van der Waals surface area contributed by atoms with E-state index in [2.05, 4.69) is 31.0 Å². The Hall–Kier alpha value is -1.61. The van der Waals surface area contributed by atoms with Crippen molar-refractivity contribution >= 4 is 39.3 Å². The van der Waals surface area contributed by atoms with Gasteiger partial charge in [-0.25, -0.2) is 9.18 Å². The summed E-state index contributed by atoms with van der Waals surface area (Å²) in [4.78, 5) is 23.8. The first-order valence-corrected chi connectivity index (χ1v) is 8.09. The smallest absolute Gasteiger partial charge is 0.323 e. The first-order chi connectivity index (χ1) is 10.4. The van der Waals surface area contributed by atoms with E-state index in [1.54, 1.807) is 13.1 Å². The van der Waals surface area contributed by atoms with Gasteiger partial charge in [-0.05, 0) is 41.7 Å². The number of amides is 1. The van der Waals surface area contributed by atoms with E-state index < -0.39 is 16.7 Å². The van der Waals surface area contributed by atoms with E-state index >= 15 is 0 Å². The van der Waals surface area contributed by atoms with Crippen LogP contribution in [-0.2, 0) is 11.8 Å². The molecule has 1 atom stereocenters. The zero-order valence-corrected chi connectivity index (χ0v) is 14.3. The molecule has 0 saturated carbocycles. The highest BCUT2D eigenvalue weighted by molar-refractivity contribution is 9.10. The minimum absolute atomic E-state index is 0.0951. The van der Waals surface area contributed by atoms with Crippen LogP contribution in [0.4, 0.5) is 10.1 Å². The lowest BCUT2D eigenvalue weighted by Gasteiger charge is -2.12. The lowest BCUT2D eigenvalue weighted by Crippen LogP contribution is -2.35. The number of H-pyrrole nitrogens is 1. The van der Waals surface area contributed by atoms with Gasteiger partial charge >= 0.3 is 10.7 Å². The second-order valence-corrected chi connectivity index (χ2v) is 6.58. The molecule has 1 aromatic heterocycles. The number of halogens is 2. The van der Waals surface area contributed by atoms with Crippen molar-refractivity contribution < 1.29 is 18.4 Å². The molecule has 2 rings (SSSR count). The molecule has 0 spiro atoms. The Labute approximate surface area is 138 Å². The molecule has 2 N–H and O–H groups in total. The van der Waals surface area contributed by atoms with Crippen molar-refractivity contribution in [3.63, 3.8) is 0 Å². The van der Waals surface area contributed by atoms with E-state index in [1.165, 1.54) is 16.8 Å². The minimum Gasteiger partial charge on any atom is -0.323 e. The fourth-order valence-electron chi connectivity index (χ4n) is 1.72. The van der Waals surface area contributed by atoms with Gasteiger partial charge in [0.1, 0.15) is 5.82 Å². The van der Waals surface area contributed by atoms with Crippen molar-refractivity contribution in [1.29, 1.82) is 0 Å². The van der Waals surface area contributed by atoms with Crippen LogP contribution in [-0.4, -0.2) is 16.4 Å². The fraction of sp³-hybridized carbons (Fsp3) is 0.308. The maximum absolute atomic E-state index is 13.8. The van der Waals surface area contributed by atoms with E-state index in [-0.39, 0.29) is 16.6 Å². The van der Waals surface area contributed by atoms with Gasteiger partial charge in [-0.3, -0.25) is 9.32 Å². The number of carbonyl (C=O) groups excluding carboxylic acids is 1. The summed E-state index contributed by atoms with van der Waals surface area (Å²) < 4.78 is 20.4. The molecule has 0 fully saturated rings. The molecule has 0 aliphatic heterocycles. The van der Waals surface area contributed by atoms with Gasteiger partial charge in [0.05, 0.1) is 10.9 Å². The molecule has 0 bridgehead atoms. The maximum atomic E-state index is 13.8. The molecule has 0 saturated heterocycles. The zero-order valence-electron chi connectivity index (χ0n) is 11.9. The minimum atomic E-state index is -0.548. The highest BCUT2D eigenvalue weighted by atomic mass is 79.9. The molecule has 0 aliphatic rings. The average molecular weight is 391 g/mol. The third kappa shape index (κ3) is 3.77. The van der Waals surface area contributed by atoms with E-state index in [1.807, 2.05) is 6.92 Å². The van der Waals surface area contributed by atoms with E-state index in [4.69, 9.17) is 0 Å². The van der Waals surface area contributed by atoms with Crippen LogP contribution in [0.1, 0.15) is 13.3 Å². The van der Waals surface area contributed by atoms with Crippen LogP contribution in [0.15, 0.2) is 37.0 Å². The van der Waals surface area contributed by atoms with Gasteiger partial charge in [-0.1, -0.05) is 27.5 Å². The Bertz CT molecular complexity index is 746.